The molecule has 0 saturated heterocycles. The van der Waals surface area contributed by atoms with Crippen molar-refractivity contribution in [3.63, 3.8) is 0 Å². The second-order valence-corrected chi connectivity index (χ2v) is 12.7. The van der Waals surface area contributed by atoms with E-state index in [0.29, 0.717) is 0 Å². The van der Waals surface area contributed by atoms with Gasteiger partial charge in [0, 0.05) is 0 Å². The Labute approximate surface area is 307 Å². The smallest absolute Gasteiger partial charge is 0.00201 e. The molecule has 0 spiro atoms. The van der Waals surface area contributed by atoms with Gasteiger partial charge in [-0.05, 0) is 94.9 Å². The van der Waals surface area contributed by atoms with Gasteiger partial charge in [0.05, 0.1) is 0 Å². The number of aryl methyl sites for hydroxylation is 1. The molecule has 8 aromatic carbocycles. The van der Waals surface area contributed by atoms with Crippen molar-refractivity contribution in [3.05, 3.63) is 157 Å². The van der Waals surface area contributed by atoms with Gasteiger partial charge in [0.25, 0.3) is 0 Å². The van der Waals surface area contributed by atoms with Crippen molar-refractivity contribution in [3.8, 4) is 33.4 Å². The van der Waals surface area contributed by atoms with Crippen LogP contribution in [0.3, 0.4) is 0 Å². The first kappa shape index (κ1) is 38.6. The molecule has 0 amide bonds. The average Bonchev–Trinajstić information content (AvgIpc) is 3.19. The Balaban J connectivity index is 0.000000532. The van der Waals surface area contributed by atoms with E-state index in [1.54, 1.807) is 0 Å². The van der Waals surface area contributed by atoms with E-state index >= 15 is 0 Å². The van der Waals surface area contributed by atoms with Gasteiger partial charge in [-0.3, -0.25) is 0 Å². The third kappa shape index (κ3) is 7.92. The molecule has 0 aliphatic heterocycles. The van der Waals surface area contributed by atoms with Crippen LogP contribution in [0.5, 0.6) is 0 Å². The second-order valence-electron chi connectivity index (χ2n) is 12.7. The molecule has 0 aliphatic carbocycles. The topological polar surface area (TPSA) is 0 Å². The molecule has 260 valence electrons. The van der Waals surface area contributed by atoms with Crippen LogP contribution in [-0.2, 0) is 0 Å². The normalized spacial score (nSPS) is 10.5. The number of rotatable bonds is 4. The van der Waals surface area contributed by atoms with Crippen LogP contribution < -0.4 is 0 Å². The molecule has 0 heteroatoms. The molecule has 0 radical (unpaired) electrons. The predicted molar refractivity (Wildman–Crippen MR) is 232 cm³/mol. The first-order valence-electron chi connectivity index (χ1n) is 18.6. The van der Waals surface area contributed by atoms with Crippen molar-refractivity contribution < 1.29 is 0 Å². The summed E-state index contributed by atoms with van der Waals surface area (Å²) in [6.07, 6.45) is 1.31. The van der Waals surface area contributed by atoms with Crippen LogP contribution >= 0.6 is 0 Å². The highest BCUT2D eigenvalue weighted by molar-refractivity contribution is 6.23. The molecule has 0 aromatic heterocycles. The Bertz CT molecular complexity index is 2260. The Hall–Kier alpha value is -5.20. The number of benzene rings is 8. The van der Waals surface area contributed by atoms with Gasteiger partial charge in [-0.15, -0.1) is 0 Å². The predicted octanol–water partition coefficient (Wildman–Crippen LogP) is 16.3. The van der Waals surface area contributed by atoms with Crippen LogP contribution in [0.4, 0.5) is 0 Å². The zero-order chi connectivity index (χ0) is 35.6. The molecule has 0 saturated carbocycles. The Kier molecular flexibility index (Phi) is 13.7. The first-order valence-corrected chi connectivity index (χ1v) is 18.6. The fourth-order valence-corrected chi connectivity index (χ4v) is 6.69. The van der Waals surface area contributed by atoms with Gasteiger partial charge in [-0.25, -0.2) is 0 Å². The lowest BCUT2D eigenvalue weighted by atomic mass is 9.84. The lowest BCUT2D eigenvalue weighted by Crippen LogP contribution is -1.91. The lowest BCUT2D eigenvalue weighted by molar-refractivity contribution is 0.626. The van der Waals surface area contributed by atoms with Gasteiger partial charge in [0.2, 0.25) is 0 Å². The zero-order valence-electron chi connectivity index (χ0n) is 31.2. The molecule has 0 unspecified atom stereocenters. The van der Waals surface area contributed by atoms with Crippen LogP contribution in [0, 0.1) is 12.8 Å². The molecule has 0 fully saturated rings. The minimum absolute atomic E-state index is 0. The maximum Gasteiger partial charge on any atom is -0.00201 e. The molecule has 0 nitrogen and oxygen atoms in total. The molecular weight excluding hydrogens is 613 g/mol. The van der Waals surface area contributed by atoms with Crippen LogP contribution in [0.2, 0.25) is 0 Å². The summed E-state index contributed by atoms with van der Waals surface area (Å²) < 4.78 is 0. The highest BCUT2D eigenvalue weighted by Crippen LogP contribution is 2.45. The third-order valence-electron chi connectivity index (χ3n) is 9.43. The average molecular weight is 669 g/mol. The molecule has 0 heterocycles. The van der Waals surface area contributed by atoms with Gasteiger partial charge in [0.15, 0.2) is 0 Å². The van der Waals surface area contributed by atoms with E-state index in [0.717, 1.165) is 5.92 Å². The molecule has 0 atom stereocenters. The maximum atomic E-state index is 2.30. The molecule has 0 N–H and O–H groups in total. The Morgan fingerprint density at radius 2 is 0.804 bits per heavy atom. The summed E-state index contributed by atoms with van der Waals surface area (Å²) in [5, 5.41) is 10.3. The fourth-order valence-electron chi connectivity index (χ4n) is 6.69. The van der Waals surface area contributed by atoms with E-state index in [2.05, 4.69) is 179 Å². The molecule has 8 aromatic rings. The largest absolute Gasteiger partial charge is 0.0776 e. The van der Waals surface area contributed by atoms with E-state index in [1.807, 2.05) is 27.7 Å². The van der Waals surface area contributed by atoms with Crippen LogP contribution in [0.15, 0.2) is 152 Å². The molecule has 0 bridgehead atoms. The minimum atomic E-state index is 0. The molecule has 51 heavy (non-hydrogen) atoms. The Morgan fingerprint density at radius 1 is 0.392 bits per heavy atom. The van der Waals surface area contributed by atoms with Gasteiger partial charge < -0.3 is 0 Å². The monoisotopic (exact) mass is 668 g/mol. The van der Waals surface area contributed by atoms with Crippen molar-refractivity contribution in [2.45, 2.75) is 69.2 Å². The zero-order valence-corrected chi connectivity index (χ0v) is 31.2. The molecule has 0 aliphatic rings. The summed E-state index contributed by atoms with van der Waals surface area (Å²) in [5.41, 5.74) is 8.94. The minimum Gasteiger partial charge on any atom is -0.0776 e. The summed E-state index contributed by atoms with van der Waals surface area (Å²) in [6.45, 7) is 16.8. The van der Waals surface area contributed by atoms with E-state index in [9.17, 15) is 0 Å². The van der Waals surface area contributed by atoms with Crippen molar-refractivity contribution in [2.24, 2.45) is 5.92 Å². The number of fused-ring (bicyclic) bond motifs is 4. The van der Waals surface area contributed by atoms with Gasteiger partial charge in [-0.2, -0.15) is 0 Å². The van der Waals surface area contributed by atoms with E-state index < -0.39 is 0 Å². The summed E-state index contributed by atoms with van der Waals surface area (Å²) in [4.78, 5) is 0. The van der Waals surface area contributed by atoms with Crippen molar-refractivity contribution in [2.75, 3.05) is 0 Å². The highest BCUT2D eigenvalue weighted by Gasteiger charge is 2.18. The Morgan fingerprint density at radius 3 is 1.33 bits per heavy atom. The quantitative estimate of drug-likeness (QED) is 0.164. The van der Waals surface area contributed by atoms with Crippen LogP contribution in [0.1, 0.15) is 67.9 Å². The maximum absolute atomic E-state index is 2.30. The van der Waals surface area contributed by atoms with Crippen LogP contribution in [-0.4, -0.2) is 0 Å². The van der Waals surface area contributed by atoms with Gasteiger partial charge in [-0.1, -0.05) is 214 Å². The van der Waals surface area contributed by atoms with Gasteiger partial charge in [0.1, 0.15) is 0 Å². The number of hydrogen-bond donors (Lipinski definition) is 0. The van der Waals surface area contributed by atoms with Crippen molar-refractivity contribution in [1.29, 1.82) is 0 Å². The fraction of sp³-hybridized carbons (Fsp3) is 0.216. The summed E-state index contributed by atoms with van der Waals surface area (Å²) in [5.74, 6) is 0.884. The van der Waals surface area contributed by atoms with Crippen molar-refractivity contribution >= 4 is 43.1 Å². The highest BCUT2D eigenvalue weighted by atomic mass is 14.2. The molecule has 8 rings (SSSR count). The van der Waals surface area contributed by atoms with E-state index in [4.69, 9.17) is 0 Å². The number of hydrogen-bond acceptors (Lipinski definition) is 0. The summed E-state index contributed by atoms with van der Waals surface area (Å²) in [6, 6.07) is 55.6. The standard InChI is InChI=1S/C41H28.C5H12.2C2H6.CH4/c1-27-21-26-33(34-15-5-4-13-31(27)34)29-22-24-30(25-23-29)40-36-16-6-8-18-38(36)41(39-19-9-7-17-37(39)40)35-20-10-12-28-11-2-3-14-32(28)35;1-4-5(2)3;2*1-2;/h2-26H,1H3;5H,4H2,1-3H3;2*1-2H3;1H4. The van der Waals surface area contributed by atoms with E-state index in [-0.39, 0.29) is 7.43 Å². The first-order chi connectivity index (χ1) is 24.5. The second kappa shape index (κ2) is 18.2. The third-order valence-corrected chi connectivity index (χ3v) is 9.43. The summed E-state index contributed by atoms with van der Waals surface area (Å²) in [7, 11) is 0. The van der Waals surface area contributed by atoms with Crippen molar-refractivity contribution in [1.82, 2.24) is 0 Å². The van der Waals surface area contributed by atoms with Gasteiger partial charge >= 0.3 is 0 Å². The van der Waals surface area contributed by atoms with E-state index in [1.165, 1.54) is 88.5 Å². The van der Waals surface area contributed by atoms with Crippen LogP contribution in [0.25, 0.3) is 76.5 Å². The SMILES string of the molecule is C.CC.CC.CCC(C)C.Cc1ccc(-c2ccc(-c3c4ccccc4c(-c4cccc5ccccc45)c4ccccc34)cc2)c2ccccc12. The lowest BCUT2D eigenvalue weighted by Gasteiger charge is -2.19. The molecular formula is C51H56. The summed E-state index contributed by atoms with van der Waals surface area (Å²) >= 11 is 0.